The summed E-state index contributed by atoms with van der Waals surface area (Å²) in [5.74, 6) is 1.55. The molecule has 0 aliphatic carbocycles. The van der Waals surface area contributed by atoms with Gasteiger partial charge >= 0.3 is 0 Å². The minimum absolute atomic E-state index is 0.0481. The lowest BCUT2D eigenvalue weighted by Gasteiger charge is -2.34. The summed E-state index contributed by atoms with van der Waals surface area (Å²) < 4.78 is 9.38. The number of benzene rings is 1. The molecule has 22 heavy (non-hydrogen) atoms. The van der Waals surface area contributed by atoms with Crippen LogP contribution in [0.15, 0.2) is 24.3 Å². The third-order valence-corrected chi connectivity index (χ3v) is 4.54. The quantitative estimate of drug-likeness (QED) is 0.864. The largest absolute Gasteiger partial charge is 0.497 e. The van der Waals surface area contributed by atoms with E-state index >= 15 is 0 Å². The summed E-state index contributed by atoms with van der Waals surface area (Å²) in [6.07, 6.45) is 0. The van der Waals surface area contributed by atoms with Crippen molar-refractivity contribution < 1.29 is 9.53 Å². The Bertz CT molecular complexity index is 665. The second-order valence-corrected chi connectivity index (χ2v) is 5.87. The number of anilines is 1. The third-order valence-electron chi connectivity index (χ3n) is 3.67. The molecular formula is C15H18N4O2S. The monoisotopic (exact) mass is 318 g/mol. The van der Waals surface area contributed by atoms with Crippen molar-refractivity contribution in [1.29, 1.82) is 0 Å². The molecule has 7 heteroatoms. The predicted molar refractivity (Wildman–Crippen MR) is 85.8 cm³/mol. The number of aromatic nitrogens is 2. The minimum atomic E-state index is 0.0481. The van der Waals surface area contributed by atoms with Gasteiger partial charge in [-0.15, -0.1) is 0 Å². The van der Waals surface area contributed by atoms with E-state index in [0.717, 1.165) is 24.0 Å². The van der Waals surface area contributed by atoms with Crippen LogP contribution >= 0.6 is 11.5 Å². The van der Waals surface area contributed by atoms with Crippen LogP contribution < -0.4 is 9.64 Å². The normalized spacial score (nSPS) is 15.0. The third kappa shape index (κ3) is 3.04. The maximum absolute atomic E-state index is 12.5. The SMILES string of the molecule is COc1cccc(C(=O)N2CCN(c3nc(C)ns3)CC2)c1. The number of nitrogens with zero attached hydrogens (tertiary/aromatic N) is 4. The van der Waals surface area contributed by atoms with Gasteiger partial charge in [0.2, 0.25) is 5.13 Å². The molecule has 0 radical (unpaired) electrons. The molecule has 2 aromatic rings. The van der Waals surface area contributed by atoms with Crippen LogP contribution in [0.1, 0.15) is 16.2 Å². The number of carbonyl (C=O) groups is 1. The maximum atomic E-state index is 12.5. The zero-order valence-corrected chi connectivity index (χ0v) is 13.5. The molecule has 1 aromatic carbocycles. The van der Waals surface area contributed by atoms with Gasteiger partial charge in [-0.25, -0.2) is 4.98 Å². The van der Waals surface area contributed by atoms with Crippen LogP contribution in [0.4, 0.5) is 5.13 Å². The first-order valence-electron chi connectivity index (χ1n) is 7.16. The van der Waals surface area contributed by atoms with E-state index in [1.165, 1.54) is 11.5 Å². The van der Waals surface area contributed by atoms with Crippen LogP contribution in [0.25, 0.3) is 0 Å². The van der Waals surface area contributed by atoms with Crippen molar-refractivity contribution >= 4 is 22.6 Å². The number of piperazine rings is 1. The van der Waals surface area contributed by atoms with Gasteiger partial charge in [-0.1, -0.05) is 6.07 Å². The van der Waals surface area contributed by atoms with E-state index in [1.54, 1.807) is 13.2 Å². The van der Waals surface area contributed by atoms with E-state index in [-0.39, 0.29) is 5.91 Å². The van der Waals surface area contributed by atoms with E-state index in [1.807, 2.05) is 30.0 Å². The van der Waals surface area contributed by atoms with Crippen molar-refractivity contribution in [3.05, 3.63) is 35.7 Å². The average molecular weight is 318 g/mol. The van der Waals surface area contributed by atoms with Gasteiger partial charge in [0, 0.05) is 43.3 Å². The minimum Gasteiger partial charge on any atom is -0.497 e. The fourth-order valence-corrected chi connectivity index (χ4v) is 3.18. The van der Waals surface area contributed by atoms with Gasteiger partial charge in [0.1, 0.15) is 11.6 Å². The lowest BCUT2D eigenvalue weighted by molar-refractivity contribution is 0.0746. The maximum Gasteiger partial charge on any atom is 0.254 e. The highest BCUT2D eigenvalue weighted by molar-refractivity contribution is 7.09. The Morgan fingerprint density at radius 3 is 2.68 bits per heavy atom. The van der Waals surface area contributed by atoms with Crippen molar-refractivity contribution in [2.75, 3.05) is 38.2 Å². The highest BCUT2D eigenvalue weighted by Gasteiger charge is 2.24. The summed E-state index contributed by atoms with van der Waals surface area (Å²) in [4.78, 5) is 21.0. The number of aryl methyl sites for hydroxylation is 1. The van der Waals surface area contributed by atoms with Crippen molar-refractivity contribution in [1.82, 2.24) is 14.3 Å². The Morgan fingerprint density at radius 2 is 2.05 bits per heavy atom. The first-order valence-corrected chi connectivity index (χ1v) is 7.93. The highest BCUT2D eigenvalue weighted by Crippen LogP contribution is 2.20. The zero-order chi connectivity index (χ0) is 15.5. The molecule has 0 atom stereocenters. The zero-order valence-electron chi connectivity index (χ0n) is 12.7. The molecule has 1 fully saturated rings. The standard InChI is InChI=1S/C15H18N4O2S/c1-11-16-15(22-17-11)19-8-6-18(7-9-19)14(20)12-4-3-5-13(10-12)21-2/h3-5,10H,6-9H2,1-2H3. The summed E-state index contributed by atoms with van der Waals surface area (Å²) in [7, 11) is 1.60. The topological polar surface area (TPSA) is 58.6 Å². The molecule has 1 saturated heterocycles. The van der Waals surface area contributed by atoms with Gasteiger partial charge in [-0.3, -0.25) is 4.79 Å². The van der Waals surface area contributed by atoms with Crippen molar-refractivity contribution in [2.24, 2.45) is 0 Å². The fraction of sp³-hybridized carbons (Fsp3) is 0.400. The van der Waals surface area contributed by atoms with E-state index in [4.69, 9.17) is 4.74 Å². The number of rotatable bonds is 3. The Kier molecular flexibility index (Phi) is 4.24. The fourth-order valence-electron chi connectivity index (χ4n) is 2.45. The average Bonchev–Trinajstić information content (AvgIpc) is 3.01. The Labute approximate surface area is 133 Å². The summed E-state index contributed by atoms with van der Waals surface area (Å²) in [6, 6.07) is 7.28. The van der Waals surface area contributed by atoms with Gasteiger partial charge in [-0.2, -0.15) is 4.37 Å². The van der Waals surface area contributed by atoms with Crippen LogP contribution in [0.2, 0.25) is 0 Å². The van der Waals surface area contributed by atoms with Crippen LogP contribution in [0.5, 0.6) is 5.75 Å². The predicted octanol–water partition coefficient (Wildman–Crippen LogP) is 1.82. The Hall–Kier alpha value is -2.15. The molecule has 0 unspecified atom stereocenters. The molecule has 0 N–H and O–H groups in total. The molecule has 1 amide bonds. The molecule has 0 saturated carbocycles. The number of carbonyl (C=O) groups excluding carboxylic acids is 1. The molecule has 0 bridgehead atoms. The van der Waals surface area contributed by atoms with Crippen LogP contribution in [-0.4, -0.2) is 53.5 Å². The molecule has 6 nitrogen and oxygen atoms in total. The molecule has 3 rings (SSSR count). The van der Waals surface area contributed by atoms with Crippen LogP contribution in [0.3, 0.4) is 0 Å². The van der Waals surface area contributed by atoms with E-state index in [0.29, 0.717) is 24.4 Å². The Morgan fingerprint density at radius 1 is 1.27 bits per heavy atom. The number of ether oxygens (including phenoxy) is 1. The van der Waals surface area contributed by atoms with Crippen LogP contribution in [-0.2, 0) is 0 Å². The van der Waals surface area contributed by atoms with E-state index in [9.17, 15) is 4.79 Å². The number of amides is 1. The Balaban J connectivity index is 1.64. The molecule has 1 aliphatic rings. The summed E-state index contributed by atoms with van der Waals surface area (Å²) in [6.45, 7) is 4.83. The summed E-state index contributed by atoms with van der Waals surface area (Å²) in [5, 5.41) is 0.936. The highest BCUT2D eigenvalue weighted by atomic mass is 32.1. The van der Waals surface area contributed by atoms with Gasteiger partial charge in [0.15, 0.2) is 0 Å². The van der Waals surface area contributed by atoms with E-state index in [2.05, 4.69) is 14.3 Å². The van der Waals surface area contributed by atoms with E-state index < -0.39 is 0 Å². The molecule has 1 aromatic heterocycles. The second-order valence-electron chi connectivity index (χ2n) is 5.14. The summed E-state index contributed by atoms with van der Waals surface area (Å²) >= 11 is 1.41. The molecular weight excluding hydrogens is 300 g/mol. The van der Waals surface area contributed by atoms with Gasteiger partial charge in [0.05, 0.1) is 7.11 Å². The lowest BCUT2D eigenvalue weighted by atomic mass is 10.1. The smallest absolute Gasteiger partial charge is 0.254 e. The van der Waals surface area contributed by atoms with Crippen molar-refractivity contribution in [3.63, 3.8) is 0 Å². The number of methoxy groups -OCH3 is 1. The molecule has 0 spiro atoms. The first-order chi connectivity index (χ1) is 10.7. The van der Waals surface area contributed by atoms with Crippen molar-refractivity contribution in [2.45, 2.75) is 6.92 Å². The number of hydrogen-bond donors (Lipinski definition) is 0. The molecule has 1 aliphatic heterocycles. The van der Waals surface area contributed by atoms with Crippen LogP contribution in [0, 0.1) is 6.92 Å². The van der Waals surface area contributed by atoms with Gasteiger partial charge in [-0.05, 0) is 25.1 Å². The van der Waals surface area contributed by atoms with Gasteiger partial charge < -0.3 is 14.5 Å². The van der Waals surface area contributed by atoms with Gasteiger partial charge in [0.25, 0.3) is 5.91 Å². The lowest BCUT2D eigenvalue weighted by Crippen LogP contribution is -2.48. The molecule has 2 heterocycles. The number of hydrogen-bond acceptors (Lipinski definition) is 6. The molecule has 116 valence electrons. The second kappa shape index (κ2) is 6.31. The summed E-state index contributed by atoms with van der Waals surface area (Å²) in [5.41, 5.74) is 0.666. The first kappa shape index (κ1) is 14.8. The van der Waals surface area contributed by atoms with Crippen molar-refractivity contribution in [3.8, 4) is 5.75 Å².